The Kier molecular flexibility index (Phi) is 10.5. The minimum absolute atomic E-state index is 0.0379. The molecule has 5 rings (SSSR count). The first-order chi connectivity index (χ1) is 21.9. The number of aliphatic hydroxyl groups excluding tert-OH is 2. The highest BCUT2D eigenvalue weighted by molar-refractivity contribution is 7.91. The summed E-state index contributed by atoms with van der Waals surface area (Å²) >= 11 is 0. The average molecular weight is 671 g/mol. The number of ether oxygens (including phenoxy) is 2. The molecule has 0 bridgehead atoms. The molecule has 2 N–H and O–H groups in total. The molecule has 0 spiro atoms. The lowest BCUT2D eigenvalue weighted by atomic mass is 9.90. The van der Waals surface area contributed by atoms with Gasteiger partial charge in [0, 0.05) is 44.2 Å². The molecule has 2 saturated heterocycles. The molecule has 16 heteroatoms. The maximum atomic E-state index is 13.9. The fourth-order valence-electron chi connectivity index (χ4n) is 6.20. The van der Waals surface area contributed by atoms with Crippen molar-refractivity contribution >= 4 is 9.92 Å². The molecule has 0 amide bonds. The lowest BCUT2D eigenvalue weighted by Gasteiger charge is -2.43. The van der Waals surface area contributed by atoms with Gasteiger partial charge in [0.05, 0.1) is 35.9 Å². The minimum Gasteiger partial charge on any atom is -0.394 e. The molecule has 12 nitrogen and oxygen atoms in total. The summed E-state index contributed by atoms with van der Waals surface area (Å²) in [6.45, 7) is 8.45. The fraction of sp³-hybridized carbons (Fsp3) is 0.633. The van der Waals surface area contributed by atoms with Crippen LogP contribution < -0.4 is 0 Å². The SMILES string of the molecule is CO[C@@H]1[C@@H](n2cc(-c3cc(F)c(F)c(F)c3)nn2)[C@@H](O)[C@@H](CO)O[C@@H]1Cc1cc(C2CCN(S(=O)(=NC(C)C)C(C)C)CC2)on1. The van der Waals surface area contributed by atoms with Crippen LogP contribution in [0.15, 0.2) is 33.3 Å². The quantitative estimate of drug-likeness (QED) is 0.309. The van der Waals surface area contributed by atoms with E-state index in [2.05, 4.69) is 19.8 Å². The van der Waals surface area contributed by atoms with E-state index in [-0.39, 0.29) is 34.9 Å². The maximum absolute atomic E-state index is 13.9. The third kappa shape index (κ3) is 6.87. The molecular formula is C30H41F3N6O6S. The smallest absolute Gasteiger partial charge is 0.194 e. The second-order valence-corrected chi connectivity index (χ2v) is 15.1. The number of nitrogens with zero attached hydrogens (tertiary/aromatic N) is 6. The van der Waals surface area contributed by atoms with E-state index in [4.69, 9.17) is 14.0 Å². The van der Waals surface area contributed by atoms with E-state index in [1.807, 2.05) is 38.1 Å². The van der Waals surface area contributed by atoms with Crippen LogP contribution in [0.4, 0.5) is 13.2 Å². The van der Waals surface area contributed by atoms with Gasteiger partial charge in [-0.25, -0.2) is 30.7 Å². The van der Waals surface area contributed by atoms with Gasteiger partial charge in [0.15, 0.2) is 17.5 Å². The van der Waals surface area contributed by atoms with Crippen LogP contribution in [-0.2, 0) is 25.8 Å². The van der Waals surface area contributed by atoms with Gasteiger partial charge in [-0.05, 0) is 52.7 Å². The van der Waals surface area contributed by atoms with Crippen molar-refractivity contribution in [3.63, 3.8) is 0 Å². The maximum Gasteiger partial charge on any atom is 0.194 e. The Morgan fingerprint density at radius 3 is 2.37 bits per heavy atom. The van der Waals surface area contributed by atoms with Gasteiger partial charge < -0.3 is 24.2 Å². The molecule has 1 unspecified atom stereocenters. The molecule has 2 aliphatic rings. The minimum atomic E-state index is -2.51. The monoisotopic (exact) mass is 670 g/mol. The Hall–Kier alpha value is -2.89. The van der Waals surface area contributed by atoms with Crippen LogP contribution in [0.2, 0.25) is 0 Å². The number of halogens is 3. The van der Waals surface area contributed by atoms with Crippen LogP contribution in [0.3, 0.4) is 0 Å². The number of benzene rings is 1. The lowest BCUT2D eigenvalue weighted by molar-refractivity contribution is -0.212. The van der Waals surface area contributed by atoms with Gasteiger partial charge in [0.2, 0.25) is 0 Å². The first-order valence-corrected chi connectivity index (χ1v) is 16.9. The van der Waals surface area contributed by atoms with Crippen molar-refractivity contribution < 1.29 is 41.6 Å². The topological polar surface area (TPSA) is 148 Å². The zero-order valence-electron chi connectivity index (χ0n) is 26.4. The predicted octanol–water partition coefficient (Wildman–Crippen LogP) is 3.65. The molecule has 3 aromatic rings. The average Bonchev–Trinajstić information content (AvgIpc) is 3.70. The first-order valence-electron chi connectivity index (χ1n) is 15.4. The predicted molar refractivity (Wildman–Crippen MR) is 162 cm³/mol. The van der Waals surface area contributed by atoms with E-state index in [0.717, 1.165) is 25.0 Å². The van der Waals surface area contributed by atoms with Crippen molar-refractivity contribution in [1.82, 2.24) is 24.5 Å². The first kappa shape index (κ1) is 34.4. The summed E-state index contributed by atoms with van der Waals surface area (Å²) in [5.41, 5.74) is 0.571. The molecule has 2 aliphatic heterocycles. The highest BCUT2D eigenvalue weighted by Gasteiger charge is 2.47. The summed E-state index contributed by atoms with van der Waals surface area (Å²) in [6, 6.07) is 2.50. The summed E-state index contributed by atoms with van der Waals surface area (Å²) in [7, 11) is -1.08. The molecule has 2 fully saturated rings. The normalized spacial score (nSPS) is 26.1. The van der Waals surface area contributed by atoms with Crippen molar-refractivity contribution in [2.45, 2.75) is 94.6 Å². The summed E-state index contributed by atoms with van der Waals surface area (Å²) in [6.07, 6.45) is -0.807. The molecule has 4 heterocycles. The second-order valence-electron chi connectivity index (χ2n) is 12.3. The van der Waals surface area contributed by atoms with Crippen LogP contribution in [0.5, 0.6) is 0 Å². The summed E-state index contributed by atoms with van der Waals surface area (Å²) in [5.74, 6) is -3.57. The van der Waals surface area contributed by atoms with Crippen LogP contribution in [0.25, 0.3) is 11.3 Å². The van der Waals surface area contributed by atoms with Gasteiger partial charge in [-0.3, -0.25) is 0 Å². The molecular weight excluding hydrogens is 629 g/mol. The van der Waals surface area contributed by atoms with Crippen LogP contribution in [0.1, 0.15) is 64.0 Å². The zero-order valence-corrected chi connectivity index (χ0v) is 27.2. The molecule has 2 aromatic heterocycles. The van der Waals surface area contributed by atoms with E-state index in [0.29, 0.717) is 24.5 Å². The van der Waals surface area contributed by atoms with Crippen molar-refractivity contribution in [2.75, 3.05) is 26.8 Å². The van der Waals surface area contributed by atoms with E-state index < -0.39 is 64.4 Å². The van der Waals surface area contributed by atoms with Gasteiger partial charge in [0.1, 0.15) is 45.7 Å². The fourth-order valence-corrected chi connectivity index (χ4v) is 8.51. The molecule has 6 atom stereocenters. The third-order valence-electron chi connectivity index (χ3n) is 8.52. The van der Waals surface area contributed by atoms with E-state index in [1.165, 1.54) is 18.0 Å². The van der Waals surface area contributed by atoms with Crippen molar-refractivity contribution in [3.8, 4) is 11.3 Å². The number of piperidine rings is 1. The van der Waals surface area contributed by atoms with Crippen LogP contribution in [-0.4, -0.2) is 101 Å². The van der Waals surface area contributed by atoms with Crippen molar-refractivity contribution in [3.05, 3.63) is 53.3 Å². The van der Waals surface area contributed by atoms with E-state index in [1.54, 1.807) is 0 Å². The van der Waals surface area contributed by atoms with Crippen LogP contribution in [0, 0.1) is 17.5 Å². The van der Waals surface area contributed by atoms with Gasteiger partial charge in [-0.15, -0.1) is 5.10 Å². The zero-order chi connectivity index (χ0) is 33.3. The second kappa shape index (κ2) is 14.1. The molecule has 254 valence electrons. The van der Waals surface area contributed by atoms with Gasteiger partial charge in [-0.2, -0.15) is 0 Å². The van der Waals surface area contributed by atoms with E-state index >= 15 is 0 Å². The van der Waals surface area contributed by atoms with Gasteiger partial charge in [-0.1, -0.05) is 10.4 Å². The lowest BCUT2D eigenvalue weighted by Crippen LogP contribution is -2.57. The highest BCUT2D eigenvalue weighted by atomic mass is 32.2. The van der Waals surface area contributed by atoms with Crippen molar-refractivity contribution in [1.29, 1.82) is 0 Å². The standard InChI is InChI=1S/C30H41F3N6O6S/c1-16(2)36-46(42,17(3)4)38-8-6-18(7-9-38)24-12-20(35-45-24)13-25-30(43-5)28(29(41)26(15-40)44-25)39-14-23(34-37-39)19-10-21(31)27(33)22(32)11-19/h10-12,14,16-18,25-26,28-30,40-41H,6-9,13,15H2,1-5H3/t25-,26-,28+,29+,30+,46?/m1/s1. The Morgan fingerprint density at radius 1 is 1.11 bits per heavy atom. The molecule has 46 heavy (non-hydrogen) atoms. The largest absolute Gasteiger partial charge is 0.394 e. The molecule has 0 saturated carbocycles. The third-order valence-corrected chi connectivity index (χ3v) is 11.6. The number of aromatic nitrogens is 4. The van der Waals surface area contributed by atoms with Crippen molar-refractivity contribution in [2.24, 2.45) is 4.36 Å². The number of aliphatic hydroxyl groups is 2. The number of hydrogen-bond acceptors (Lipinski definition) is 10. The molecule has 0 aliphatic carbocycles. The Morgan fingerprint density at radius 2 is 1.78 bits per heavy atom. The number of rotatable bonds is 10. The van der Waals surface area contributed by atoms with Gasteiger partial charge >= 0.3 is 0 Å². The summed E-state index contributed by atoms with van der Waals surface area (Å²) < 4.78 is 80.4. The molecule has 1 aromatic carbocycles. The Bertz CT molecular complexity index is 1590. The number of methoxy groups -OCH3 is 1. The van der Waals surface area contributed by atoms with Crippen LogP contribution >= 0.6 is 0 Å². The van der Waals surface area contributed by atoms with E-state index in [9.17, 15) is 27.6 Å². The molecule has 0 radical (unpaired) electrons. The highest BCUT2D eigenvalue weighted by Crippen LogP contribution is 2.36. The summed E-state index contributed by atoms with van der Waals surface area (Å²) in [5, 5.41) is 33.3. The Labute approximate surface area is 266 Å². The number of hydrogen-bond donors (Lipinski definition) is 2. The summed E-state index contributed by atoms with van der Waals surface area (Å²) in [4.78, 5) is 0. The van der Waals surface area contributed by atoms with Gasteiger partial charge in [0.25, 0.3) is 0 Å². The Balaban J connectivity index is 1.32.